The smallest absolute Gasteiger partial charge is 0.309 e. The van der Waals surface area contributed by atoms with Gasteiger partial charge in [0, 0.05) is 6.92 Å². The van der Waals surface area contributed by atoms with E-state index in [1.807, 2.05) is 0 Å². The zero-order valence-electron chi connectivity index (χ0n) is 15.0. The molecule has 0 saturated carbocycles. The van der Waals surface area contributed by atoms with E-state index >= 15 is 0 Å². The summed E-state index contributed by atoms with van der Waals surface area (Å²) in [5, 5.41) is 0.0117. The lowest BCUT2D eigenvalue weighted by Gasteiger charge is -2.42. The van der Waals surface area contributed by atoms with E-state index in [0.29, 0.717) is 0 Å². The zero-order chi connectivity index (χ0) is 17.8. The molecule has 0 fully saturated rings. The Labute approximate surface area is 139 Å². The van der Waals surface area contributed by atoms with Crippen molar-refractivity contribution < 1.29 is 28.2 Å². The predicted octanol–water partition coefficient (Wildman–Crippen LogP) is 2.78. The molecule has 23 heavy (non-hydrogen) atoms. The summed E-state index contributed by atoms with van der Waals surface area (Å²) >= 11 is 0. The fourth-order valence-corrected chi connectivity index (χ4v) is 3.24. The number of rotatable bonds is 5. The first kappa shape index (κ1) is 19.7. The van der Waals surface area contributed by atoms with Gasteiger partial charge in [-0.1, -0.05) is 20.8 Å². The minimum Gasteiger partial charge on any atom is -0.494 e. The van der Waals surface area contributed by atoms with E-state index in [0.717, 1.165) is 0 Å². The molecule has 7 heteroatoms. The Balaban J connectivity index is 2.98. The number of methoxy groups -OCH3 is 1. The van der Waals surface area contributed by atoms with Crippen molar-refractivity contribution in [3.8, 4) is 0 Å². The Bertz CT molecular complexity index is 466. The molecule has 0 aliphatic carbocycles. The summed E-state index contributed by atoms with van der Waals surface area (Å²) in [6.07, 6.45) is 1.50. The normalized spacial score (nSPS) is 24.7. The van der Waals surface area contributed by atoms with Crippen molar-refractivity contribution in [1.29, 1.82) is 0 Å². The maximum atomic E-state index is 11.6. The van der Waals surface area contributed by atoms with Gasteiger partial charge in [0.2, 0.25) is 0 Å². The van der Waals surface area contributed by atoms with Gasteiger partial charge in [-0.3, -0.25) is 9.59 Å². The van der Waals surface area contributed by atoms with Crippen molar-refractivity contribution in [2.45, 2.75) is 70.6 Å². The standard InChI is InChI=1S/C16H28O6Si/c1-11(17)21-15-12(22-23(6,7)16(2,3)4)8-9-20-13(15)10-14(18)19-5/h8-9,12-13,15H,10H2,1-7H3/t12-,13-,15+/m1/s1. The van der Waals surface area contributed by atoms with E-state index in [1.54, 1.807) is 6.08 Å². The second-order valence-electron chi connectivity index (χ2n) is 7.20. The fraction of sp³-hybridized carbons (Fsp3) is 0.750. The summed E-state index contributed by atoms with van der Waals surface area (Å²) < 4.78 is 21.9. The second-order valence-corrected chi connectivity index (χ2v) is 12.0. The van der Waals surface area contributed by atoms with E-state index in [-0.39, 0.29) is 11.5 Å². The maximum Gasteiger partial charge on any atom is 0.309 e. The first-order chi connectivity index (χ1) is 10.5. The van der Waals surface area contributed by atoms with Gasteiger partial charge >= 0.3 is 11.9 Å². The first-order valence-electron chi connectivity index (χ1n) is 7.72. The highest BCUT2D eigenvalue weighted by Crippen LogP contribution is 2.38. The molecule has 132 valence electrons. The van der Waals surface area contributed by atoms with Gasteiger partial charge < -0.3 is 18.6 Å². The molecule has 0 aromatic rings. The maximum absolute atomic E-state index is 11.6. The zero-order valence-corrected chi connectivity index (χ0v) is 16.0. The summed E-state index contributed by atoms with van der Waals surface area (Å²) in [5.41, 5.74) is 0. The average molecular weight is 344 g/mol. The third-order valence-electron chi connectivity index (χ3n) is 4.35. The molecule has 0 amide bonds. The number of esters is 2. The van der Waals surface area contributed by atoms with Gasteiger partial charge in [0.25, 0.3) is 0 Å². The Kier molecular flexibility index (Phi) is 6.41. The molecule has 1 aliphatic rings. The van der Waals surface area contributed by atoms with E-state index < -0.39 is 38.6 Å². The van der Waals surface area contributed by atoms with Crippen LogP contribution >= 0.6 is 0 Å². The van der Waals surface area contributed by atoms with Crippen LogP contribution in [0.2, 0.25) is 18.1 Å². The van der Waals surface area contributed by atoms with Crippen molar-refractivity contribution in [2.24, 2.45) is 0 Å². The Hall–Kier alpha value is -1.34. The number of hydrogen-bond acceptors (Lipinski definition) is 6. The third kappa shape index (κ3) is 5.35. The molecule has 6 nitrogen and oxygen atoms in total. The van der Waals surface area contributed by atoms with Crippen LogP contribution in [-0.4, -0.2) is 45.7 Å². The Morgan fingerprint density at radius 3 is 2.35 bits per heavy atom. The van der Waals surface area contributed by atoms with Crippen LogP contribution in [0.15, 0.2) is 12.3 Å². The van der Waals surface area contributed by atoms with E-state index in [2.05, 4.69) is 38.6 Å². The van der Waals surface area contributed by atoms with Crippen LogP contribution in [0.25, 0.3) is 0 Å². The molecule has 0 N–H and O–H groups in total. The van der Waals surface area contributed by atoms with Crippen LogP contribution < -0.4 is 0 Å². The molecule has 1 rings (SSSR count). The summed E-state index contributed by atoms with van der Waals surface area (Å²) in [6, 6.07) is 0. The van der Waals surface area contributed by atoms with E-state index in [1.165, 1.54) is 20.3 Å². The average Bonchev–Trinajstić information content (AvgIpc) is 2.40. The molecular weight excluding hydrogens is 316 g/mol. The van der Waals surface area contributed by atoms with Gasteiger partial charge in [0.15, 0.2) is 14.4 Å². The van der Waals surface area contributed by atoms with Crippen molar-refractivity contribution in [3.05, 3.63) is 12.3 Å². The van der Waals surface area contributed by atoms with Crippen LogP contribution in [0.1, 0.15) is 34.1 Å². The number of ether oxygens (including phenoxy) is 3. The molecule has 0 bridgehead atoms. The lowest BCUT2D eigenvalue weighted by molar-refractivity contribution is -0.166. The second kappa shape index (κ2) is 7.48. The number of hydrogen-bond donors (Lipinski definition) is 0. The van der Waals surface area contributed by atoms with Crippen molar-refractivity contribution in [1.82, 2.24) is 0 Å². The number of carbonyl (C=O) groups is 2. The van der Waals surface area contributed by atoms with Gasteiger partial charge in [-0.25, -0.2) is 0 Å². The summed E-state index contributed by atoms with van der Waals surface area (Å²) in [4.78, 5) is 23.0. The monoisotopic (exact) mass is 344 g/mol. The topological polar surface area (TPSA) is 71.1 Å². The van der Waals surface area contributed by atoms with Gasteiger partial charge in [0.05, 0.1) is 19.8 Å². The lowest BCUT2D eigenvalue weighted by atomic mass is 10.0. The van der Waals surface area contributed by atoms with Gasteiger partial charge in [-0.2, -0.15) is 0 Å². The molecule has 0 spiro atoms. The Morgan fingerprint density at radius 1 is 1.26 bits per heavy atom. The SMILES string of the molecule is COC(=O)C[C@H]1OC=C[C@@H](O[Si](C)(C)C(C)(C)C)[C@@H]1OC(C)=O. The molecule has 0 saturated heterocycles. The van der Waals surface area contributed by atoms with Gasteiger partial charge in [-0.05, 0) is 24.2 Å². The van der Waals surface area contributed by atoms with Crippen LogP contribution in [-0.2, 0) is 28.2 Å². The predicted molar refractivity (Wildman–Crippen MR) is 88.3 cm³/mol. The highest BCUT2D eigenvalue weighted by molar-refractivity contribution is 6.74. The minimum absolute atomic E-state index is 0.00382. The highest BCUT2D eigenvalue weighted by atomic mass is 28.4. The molecule has 3 atom stereocenters. The molecular formula is C16H28O6Si. The first-order valence-corrected chi connectivity index (χ1v) is 10.6. The summed E-state index contributed by atoms with van der Waals surface area (Å²) in [7, 11) is -0.766. The largest absolute Gasteiger partial charge is 0.494 e. The summed E-state index contributed by atoms with van der Waals surface area (Å²) in [6.45, 7) is 12.0. The molecule has 1 aliphatic heterocycles. The van der Waals surface area contributed by atoms with E-state index in [4.69, 9.17) is 13.9 Å². The molecule has 1 heterocycles. The van der Waals surface area contributed by atoms with E-state index in [9.17, 15) is 9.59 Å². The highest BCUT2D eigenvalue weighted by Gasteiger charge is 2.44. The van der Waals surface area contributed by atoms with Gasteiger partial charge in [0.1, 0.15) is 12.2 Å². The Morgan fingerprint density at radius 2 is 1.87 bits per heavy atom. The molecule has 0 radical (unpaired) electrons. The van der Waals surface area contributed by atoms with Gasteiger partial charge in [-0.15, -0.1) is 0 Å². The van der Waals surface area contributed by atoms with Crippen LogP contribution in [0, 0.1) is 0 Å². The van der Waals surface area contributed by atoms with Crippen molar-refractivity contribution in [3.63, 3.8) is 0 Å². The number of carbonyl (C=O) groups excluding carboxylic acids is 2. The molecule has 0 unspecified atom stereocenters. The van der Waals surface area contributed by atoms with Crippen LogP contribution in [0.5, 0.6) is 0 Å². The molecule has 0 aromatic carbocycles. The third-order valence-corrected chi connectivity index (χ3v) is 8.82. The van der Waals surface area contributed by atoms with Crippen molar-refractivity contribution in [2.75, 3.05) is 7.11 Å². The van der Waals surface area contributed by atoms with Crippen LogP contribution in [0.3, 0.4) is 0 Å². The molecule has 0 aromatic heterocycles. The fourth-order valence-electron chi connectivity index (χ4n) is 1.99. The lowest BCUT2D eigenvalue weighted by Crippen LogP contribution is -2.52. The quantitative estimate of drug-likeness (QED) is 0.564. The summed E-state index contributed by atoms with van der Waals surface area (Å²) in [5.74, 6) is -0.860. The minimum atomic E-state index is -2.08. The van der Waals surface area contributed by atoms with Crippen molar-refractivity contribution >= 4 is 20.3 Å². The van der Waals surface area contributed by atoms with Crippen LogP contribution in [0.4, 0.5) is 0 Å².